The van der Waals surface area contributed by atoms with Crippen molar-refractivity contribution < 1.29 is 14.3 Å². The van der Waals surface area contributed by atoms with Crippen molar-refractivity contribution in [1.29, 1.82) is 0 Å². The van der Waals surface area contributed by atoms with E-state index in [1.165, 1.54) is 0 Å². The lowest BCUT2D eigenvalue weighted by Gasteiger charge is -2.16. The van der Waals surface area contributed by atoms with E-state index in [1.807, 2.05) is 13.8 Å². The Hall–Kier alpha value is -2.05. The van der Waals surface area contributed by atoms with Crippen LogP contribution in [-0.4, -0.2) is 24.0 Å². The van der Waals surface area contributed by atoms with Crippen molar-refractivity contribution in [2.75, 3.05) is 5.32 Å². The molecule has 0 bridgehead atoms. The van der Waals surface area contributed by atoms with Gasteiger partial charge in [-0.05, 0) is 78.7 Å². The van der Waals surface area contributed by atoms with Crippen molar-refractivity contribution in [3.63, 3.8) is 0 Å². The van der Waals surface area contributed by atoms with Crippen LogP contribution >= 0.6 is 27.5 Å². The first-order chi connectivity index (χ1) is 12.8. The number of amides is 2. The minimum atomic E-state index is -0.712. The van der Waals surface area contributed by atoms with E-state index in [1.54, 1.807) is 49.4 Å². The second-order valence-corrected chi connectivity index (χ2v) is 7.47. The fourth-order valence-corrected chi connectivity index (χ4v) is 2.95. The summed E-state index contributed by atoms with van der Waals surface area (Å²) in [6.45, 7) is 5.62. The molecule has 7 heteroatoms. The van der Waals surface area contributed by atoms with Gasteiger partial charge < -0.3 is 15.4 Å². The third-order valence-electron chi connectivity index (χ3n) is 3.97. The maximum Gasteiger partial charge on any atom is 0.265 e. The Labute approximate surface area is 172 Å². The molecule has 2 aromatic rings. The van der Waals surface area contributed by atoms with Crippen molar-refractivity contribution >= 4 is 45.0 Å². The van der Waals surface area contributed by atoms with Gasteiger partial charge in [-0.1, -0.05) is 18.5 Å². The summed E-state index contributed by atoms with van der Waals surface area (Å²) in [5, 5.41) is 6.25. The molecule has 2 rings (SSSR count). The molecule has 2 unspecified atom stereocenters. The van der Waals surface area contributed by atoms with Gasteiger partial charge in [0, 0.05) is 22.3 Å². The number of nitrogens with one attached hydrogen (secondary N) is 2. The van der Waals surface area contributed by atoms with Crippen LogP contribution in [0.5, 0.6) is 5.75 Å². The van der Waals surface area contributed by atoms with E-state index < -0.39 is 6.10 Å². The number of carbonyl (C=O) groups is 2. The van der Waals surface area contributed by atoms with E-state index in [0.29, 0.717) is 26.5 Å². The van der Waals surface area contributed by atoms with Crippen LogP contribution in [0.15, 0.2) is 46.9 Å². The average Bonchev–Trinajstić information content (AvgIpc) is 2.64. The smallest absolute Gasteiger partial charge is 0.265 e. The normalized spacial score (nSPS) is 12.8. The van der Waals surface area contributed by atoms with Crippen LogP contribution in [0.4, 0.5) is 5.69 Å². The van der Waals surface area contributed by atoms with Gasteiger partial charge in [0.25, 0.3) is 11.8 Å². The second-order valence-electron chi connectivity index (χ2n) is 6.18. The van der Waals surface area contributed by atoms with Crippen LogP contribution in [0.25, 0.3) is 0 Å². The summed E-state index contributed by atoms with van der Waals surface area (Å²) in [5.41, 5.74) is 1.13. The molecule has 0 fully saturated rings. The molecule has 0 aliphatic rings. The van der Waals surface area contributed by atoms with E-state index in [9.17, 15) is 9.59 Å². The fourth-order valence-electron chi connectivity index (χ4n) is 2.17. The number of carbonyl (C=O) groups excluding carboxylic acids is 2. The molecule has 0 heterocycles. The zero-order chi connectivity index (χ0) is 20.0. The number of hydrogen-bond donors (Lipinski definition) is 2. The minimum absolute atomic E-state index is 0.113. The SMILES string of the molecule is CCC(C)NC(=O)c1ccc(NC(=O)C(C)Oc2ccc(Cl)cc2Br)cc1. The van der Waals surface area contributed by atoms with Crippen LogP contribution in [0.3, 0.4) is 0 Å². The quantitative estimate of drug-likeness (QED) is 0.617. The molecule has 0 aliphatic carbocycles. The lowest BCUT2D eigenvalue weighted by molar-refractivity contribution is -0.122. The van der Waals surface area contributed by atoms with E-state index in [4.69, 9.17) is 16.3 Å². The van der Waals surface area contributed by atoms with Gasteiger partial charge >= 0.3 is 0 Å². The van der Waals surface area contributed by atoms with Crippen LogP contribution in [-0.2, 0) is 4.79 Å². The second kappa shape index (κ2) is 9.76. The van der Waals surface area contributed by atoms with E-state index >= 15 is 0 Å². The van der Waals surface area contributed by atoms with Crippen molar-refractivity contribution in [3.8, 4) is 5.75 Å². The Balaban J connectivity index is 1.95. The van der Waals surface area contributed by atoms with Crippen LogP contribution in [0.1, 0.15) is 37.6 Å². The molecule has 0 aromatic heterocycles. The molecule has 2 N–H and O–H groups in total. The fraction of sp³-hybridized carbons (Fsp3) is 0.300. The molecule has 2 amide bonds. The van der Waals surface area contributed by atoms with Gasteiger partial charge in [0.05, 0.1) is 4.47 Å². The van der Waals surface area contributed by atoms with Crippen molar-refractivity contribution in [2.45, 2.75) is 39.3 Å². The maximum absolute atomic E-state index is 12.3. The molecule has 144 valence electrons. The topological polar surface area (TPSA) is 67.4 Å². The molecule has 2 atom stereocenters. The summed E-state index contributed by atoms with van der Waals surface area (Å²) in [7, 11) is 0. The highest BCUT2D eigenvalue weighted by Gasteiger charge is 2.17. The Morgan fingerprint density at radius 3 is 2.41 bits per heavy atom. The van der Waals surface area contributed by atoms with Gasteiger partial charge in [-0.25, -0.2) is 0 Å². The van der Waals surface area contributed by atoms with Crippen molar-refractivity contribution in [3.05, 3.63) is 57.5 Å². The number of hydrogen-bond acceptors (Lipinski definition) is 3. The number of halogens is 2. The van der Waals surface area contributed by atoms with E-state index in [0.717, 1.165) is 6.42 Å². The number of rotatable bonds is 7. The molecule has 0 aliphatic heterocycles. The average molecular weight is 454 g/mol. The van der Waals surface area contributed by atoms with Gasteiger partial charge in [-0.3, -0.25) is 9.59 Å². The van der Waals surface area contributed by atoms with Crippen LogP contribution in [0.2, 0.25) is 5.02 Å². The van der Waals surface area contributed by atoms with Gasteiger partial charge in [-0.2, -0.15) is 0 Å². The van der Waals surface area contributed by atoms with Gasteiger partial charge in [0.15, 0.2) is 6.10 Å². The summed E-state index contributed by atoms with van der Waals surface area (Å²) in [6.07, 6.45) is 0.150. The molecule has 2 aromatic carbocycles. The molecule has 5 nitrogen and oxygen atoms in total. The van der Waals surface area contributed by atoms with Crippen LogP contribution < -0.4 is 15.4 Å². The predicted molar refractivity (Wildman–Crippen MR) is 112 cm³/mol. The predicted octanol–water partition coefficient (Wildman–Crippen LogP) is 5.04. The van der Waals surface area contributed by atoms with Gasteiger partial charge in [0.1, 0.15) is 5.75 Å². The number of ether oxygens (including phenoxy) is 1. The van der Waals surface area contributed by atoms with E-state index in [2.05, 4.69) is 26.6 Å². The van der Waals surface area contributed by atoms with Crippen molar-refractivity contribution in [1.82, 2.24) is 5.32 Å². The summed E-state index contributed by atoms with van der Waals surface area (Å²) in [5.74, 6) is 0.0966. The molecule has 27 heavy (non-hydrogen) atoms. The molecule has 0 radical (unpaired) electrons. The Morgan fingerprint density at radius 2 is 1.81 bits per heavy atom. The Bertz CT molecular complexity index is 811. The first-order valence-electron chi connectivity index (χ1n) is 8.63. The largest absolute Gasteiger partial charge is 0.480 e. The summed E-state index contributed by atoms with van der Waals surface area (Å²) >= 11 is 9.26. The molecule has 0 saturated carbocycles. The third kappa shape index (κ3) is 6.26. The molecular weight excluding hydrogens is 432 g/mol. The highest BCUT2D eigenvalue weighted by Crippen LogP contribution is 2.28. The molecular formula is C20H22BrClN2O3. The zero-order valence-corrected chi connectivity index (χ0v) is 17.7. The lowest BCUT2D eigenvalue weighted by atomic mass is 10.1. The Kier molecular flexibility index (Phi) is 7.68. The number of benzene rings is 2. The van der Waals surface area contributed by atoms with E-state index in [-0.39, 0.29) is 17.9 Å². The molecule has 0 saturated heterocycles. The molecule has 0 spiro atoms. The summed E-state index contributed by atoms with van der Waals surface area (Å²) in [6, 6.07) is 11.9. The summed E-state index contributed by atoms with van der Waals surface area (Å²) < 4.78 is 6.34. The minimum Gasteiger partial charge on any atom is -0.480 e. The monoisotopic (exact) mass is 452 g/mol. The van der Waals surface area contributed by atoms with Gasteiger partial charge in [0.2, 0.25) is 0 Å². The zero-order valence-electron chi connectivity index (χ0n) is 15.4. The van der Waals surface area contributed by atoms with Crippen LogP contribution in [0, 0.1) is 0 Å². The third-order valence-corrected chi connectivity index (χ3v) is 4.83. The first kappa shape index (κ1) is 21.3. The number of anilines is 1. The van der Waals surface area contributed by atoms with Gasteiger partial charge in [-0.15, -0.1) is 0 Å². The summed E-state index contributed by atoms with van der Waals surface area (Å²) in [4.78, 5) is 24.4. The highest BCUT2D eigenvalue weighted by molar-refractivity contribution is 9.10. The highest BCUT2D eigenvalue weighted by atomic mass is 79.9. The lowest BCUT2D eigenvalue weighted by Crippen LogP contribution is -2.32. The standard InChI is InChI=1S/C20H22BrClN2O3/c1-4-12(2)23-20(26)14-5-8-16(9-6-14)24-19(25)13(3)27-18-10-7-15(22)11-17(18)21/h5-13H,4H2,1-3H3,(H,23,26)(H,24,25). The Morgan fingerprint density at radius 1 is 1.15 bits per heavy atom. The first-order valence-corrected chi connectivity index (χ1v) is 9.80. The maximum atomic E-state index is 12.3. The van der Waals surface area contributed by atoms with Crippen molar-refractivity contribution in [2.24, 2.45) is 0 Å².